The molecular weight excluding hydrogens is 184 g/mol. The van der Waals surface area contributed by atoms with Gasteiger partial charge in [0.15, 0.2) is 0 Å². The van der Waals surface area contributed by atoms with Crippen LogP contribution in [0.5, 0.6) is 0 Å². The Labute approximate surface area is 91.3 Å². The normalized spacial score (nSPS) is 28.7. The quantitative estimate of drug-likeness (QED) is 0.751. The zero-order valence-electron chi connectivity index (χ0n) is 9.24. The van der Waals surface area contributed by atoms with Crippen molar-refractivity contribution < 1.29 is 0 Å². The van der Waals surface area contributed by atoms with E-state index in [2.05, 4.69) is 41.4 Å². The Morgan fingerprint density at radius 3 is 3.13 bits per heavy atom. The Morgan fingerprint density at radius 1 is 1.40 bits per heavy atom. The second-order valence-electron chi connectivity index (χ2n) is 4.58. The van der Waals surface area contributed by atoms with Gasteiger partial charge in [-0.25, -0.2) is 0 Å². The lowest BCUT2D eigenvalue weighted by Gasteiger charge is -2.37. The summed E-state index contributed by atoms with van der Waals surface area (Å²) in [5, 5.41) is 3.63. The molecule has 1 saturated heterocycles. The molecule has 2 heteroatoms. The first kappa shape index (κ1) is 9.22. The molecule has 2 aliphatic heterocycles. The monoisotopic (exact) mass is 202 g/mol. The van der Waals surface area contributed by atoms with Gasteiger partial charge < -0.3 is 10.2 Å². The van der Waals surface area contributed by atoms with E-state index in [1.807, 2.05) is 0 Å². The number of fused-ring (bicyclic) bond motifs is 3. The van der Waals surface area contributed by atoms with Crippen molar-refractivity contribution >= 4 is 5.69 Å². The molecule has 2 unspecified atom stereocenters. The molecule has 2 aliphatic rings. The summed E-state index contributed by atoms with van der Waals surface area (Å²) in [7, 11) is 0. The highest BCUT2D eigenvalue weighted by Gasteiger charge is 2.35. The smallest absolute Gasteiger partial charge is 0.0414 e. The molecule has 1 aromatic carbocycles. The summed E-state index contributed by atoms with van der Waals surface area (Å²) in [6.45, 7) is 5.78. The fraction of sp³-hybridized carbons (Fsp3) is 0.538. The van der Waals surface area contributed by atoms with E-state index in [4.69, 9.17) is 0 Å². The molecule has 2 atom stereocenters. The summed E-state index contributed by atoms with van der Waals surface area (Å²) >= 11 is 0. The van der Waals surface area contributed by atoms with Gasteiger partial charge in [-0.2, -0.15) is 0 Å². The molecule has 1 N–H and O–H groups in total. The van der Waals surface area contributed by atoms with Crippen molar-refractivity contribution in [3.8, 4) is 0 Å². The first-order valence-corrected chi connectivity index (χ1v) is 5.97. The van der Waals surface area contributed by atoms with Crippen LogP contribution < -0.4 is 10.2 Å². The average Bonchev–Trinajstić information content (AvgIpc) is 2.76. The first-order chi connectivity index (χ1) is 7.40. The standard InChI is InChI=1S/C13H18N2/c1-2-15-9-10-7-8-14-13(10)11-5-3-4-6-12(11)15/h3-6,10,13-14H,2,7-9H2,1H3. The maximum Gasteiger partial charge on any atom is 0.0414 e. The van der Waals surface area contributed by atoms with Crippen molar-refractivity contribution in [2.45, 2.75) is 19.4 Å². The molecule has 0 spiro atoms. The number of anilines is 1. The SMILES string of the molecule is CCN1CC2CCNC2c2ccccc21. The Hall–Kier alpha value is -1.02. The van der Waals surface area contributed by atoms with Crippen molar-refractivity contribution in [2.75, 3.05) is 24.5 Å². The van der Waals surface area contributed by atoms with E-state index < -0.39 is 0 Å². The number of rotatable bonds is 1. The van der Waals surface area contributed by atoms with Crippen LogP contribution in [0.4, 0.5) is 5.69 Å². The minimum Gasteiger partial charge on any atom is -0.371 e. The van der Waals surface area contributed by atoms with Crippen LogP contribution in [-0.4, -0.2) is 19.6 Å². The molecule has 0 aromatic heterocycles. The molecule has 2 nitrogen and oxygen atoms in total. The second-order valence-corrected chi connectivity index (χ2v) is 4.58. The first-order valence-electron chi connectivity index (χ1n) is 5.97. The van der Waals surface area contributed by atoms with E-state index in [-0.39, 0.29) is 0 Å². The lowest BCUT2D eigenvalue weighted by Crippen LogP contribution is -2.37. The average molecular weight is 202 g/mol. The topological polar surface area (TPSA) is 15.3 Å². The molecule has 0 saturated carbocycles. The van der Waals surface area contributed by atoms with Crippen molar-refractivity contribution in [1.82, 2.24) is 5.32 Å². The van der Waals surface area contributed by atoms with Crippen molar-refractivity contribution in [1.29, 1.82) is 0 Å². The van der Waals surface area contributed by atoms with Crippen molar-refractivity contribution in [2.24, 2.45) is 5.92 Å². The van der Waals surface area contributed by atoms with Crippen LogP contribution in [0.1, 0.15) is 24.9 Å². The molecular formula is C13H18N2. The zero-order valence-corrected chi connectivity index (χ0v) is 9.24. The van der Waals surface area contributed by atoms with E-state index in [1.54, 1.807) is 0 Å². The van der Waals surface area contributed by atoms with Gasteiger partial charge in [0.2, 0.25) is 0 Å². The van der Waals surface area contributed by atoms with Crippen molar-refractivity contribution in [3.05, 3.63) is 29.8 Å². The van der Waals surface area contributed by atoms with Gasteiger partial charge in [-0.3, -0.25) is 0 Å². The maximum atomic E-state index is 3.63. The molecule has 1 aromatic rings. The third-order valence-electron chi connectivity index (χ3n) is 3.80. The molecule has 0 amide bonds. The van der Waals surface area contributed by atoms with Gasteiger partial charge in [0, 0.05) is 24.8 Å². The number of nitrogens with one attached hydrogen (secondary N) is 1. The van der Waals surface area contributed by atoms with Crippen LogP contribution >= 0.6 is 0 Å². The van der Waals surface area contributed by atoms with Crippen molar-refractivity contribution in [3.63, 3.8) is 0 Å². The highest BCUT2D eigenvalue weighted by atomic mass is 15.2. The van der Waals surface area contributed by atoms with E-state index in [1.165, 1.54) is 30.8 Å². The number of hydrogen-bond donors (Lipinski definition) is 1. The predicted molar refractivity (Wildman–Crippen MR) is 63.2 cm³/mol. The third-order valence-corrected chi connectivity index (χ3v) is 3.80. The minimum atomic E-state index is 0.615. The van der Waals surface area contributed by atoms with Crippen LogP contribution in [0.2, 0.25) is 0 Å². The fourth-order valence-electron chi connectivity index (χ4n) is 3.04. The van der Waals surface area contributed by atoms with Gasteiger partial charge in [-0.15, -0.1) is 0 Å². The Kier molecular flexibility index (Phi) is 2.17. The lowest BCUT2D eigenvalue weighted by atomic mass is 9.88. The summed E-state index contributed by atoms with van der Waals surface area (Å²) < 4.78 is 0. The number of hydrogen-bond acceptors (Lipinski definition) is 2. The van der Waals surface area contributed by atoms with E-state index in [0.29, 0.717) is 6.04 Å². The molecule has 15 heavy (non-hydrogen) atoms. The van der Waals surface area contributed by atoms with Crippen LogP contribution in [0.15, 0.2) is 24.3 Å². The minimum absolute atomic E-state index is 0.615. The zero-order chi connectivity index (χ0) is 10.3. The van der Waals surface area contributed by atoms with Gasteiger partial charge in [0.1, 0.15) is 0 Å². The highest BCUT2D eigenvalue weighted by molar-refractivity contribution is 5.57. The predicted octanol–water partition coefficient (Wildman–Crippen LogP) is 2.18. The highest BCUT2D eigenvalue weighted by Crippen LogP contribution is 2.40. The largest absolute Gasteiger partial charge is 0.371 e. The summed E-state index contributed by atoms with van der Waals surface area (Å²) in [5.41, 5.74) is 2.95. The Morgan fingerprint density at radius 2 is 2.27 bits per heavy atom. The number of benzene rings is 1. The summed E-state index contributed by atoms with van der Waals surface area (Å²) in [5.74, 6) is 0.819. The van der Waals surface area contributed by atoms with Gasteiger partial charge in [-0.05, 0) is 37.4 Å². The Bertz CT molecular complexity index is 361. The van der Waals surface area contributed by atoms with Gasteiger partial charge in [0.25, 0.3) is 0 Å². The molecule has 3 rings (SSSR count). The lowest BCUT2D eigenvalue weighted by molar-refractivity contribution is 0.437. The Balaban J connectivity index is 2.06. The molecule has 0 bridgehead atoms. The van der Waals surface area contributed by atoms with Crippen LogP contribution in [0, 0.1) is 5.92 Å². The summed E-state index contributed by atoms with van der Waals surface area (Å²) in [4.78, 5) is 2.52. The van der Waals surface area contributed by atoms with Gasteiger partial charge >= 0.3 is 0 Å². The molecule has 0 aliphatic carbocycles. The third kappa shape index (κ3) is 1.36. The van der Waals surface area contributed by atoms with E-state index >= 15 is 0 Å². The maximum absolute atomic E-state index is 3.63. The van der Waals surface area contributed by atoms with Gasteiger partial charge in [0.05, 0.1) is 0 Å². The molecule has 0 radical (unpaired) electrons. The molecule has 2 heterocycles. The van der Waals surface area contributed by atoms with Crippen LogP contribution in [0.25, 0.3) is 0 Å². The number of para-hydroxylation sites is 1. The van der Waals surface area contributed by atoms with Crippen LogP contribution in [-0.2, 0) is 0 Å². The van der Waals surface area contributed by atoms with E-state index in [9.17, 15) is 0 Å². The fourth-order valence-corrected chi connectivity index (χ4v) is 3.04. The van der Waals surface area contributed by atoms with E-state index in [0.717, 1.165) is 12.5 Å². The summed E-state index contributed by atoms with van der Waals surface area (Å²) in [6, 6.07) is 9.47. The number of nitrogens with zero attached hydrogens (tertiary/aromatic N) is 1. The van der Waals surface area contributed by atoms with Gasteiger partial charge in [-0.1, -0.05) is 18.2 Å². The summed E-state index contributed by atoms with van der Waals surface area (Å²) in [6.07, 6.45) is 1.33. The van der Waals surface area contributed by atoms with Crippen LogP contribution in [0.3, 0.4) is 0 Å². The molecule has 1 fully saturated rings. The molecule has 80 valence electrons. The second kappa shape index (κ2) is 3.53.